The van der Waals surface area contributed by atoms with Crippen LogP contribution in [-0.2, 0) is 4.79 Å². The maximum absolute atomic E-state index is 12.1. The van der Waals surface area contributed by atoms with Gasteiger partial charge in [0.05, 0.1) is 18.9 Å². The molecule has 2 N–H and O–H groups in total. The van der Waals surface area contributed by atoms with Crippen molar-refractivity contribution >= 4 is 5.91 Å². The molecule has 2 rings (SSSR count). The van der Waals surface area contributed by atoms with Crippen LogP contribution in [0.3, 0.4) is 0 Å². The fourth-order valence-electron chi connectivity index (χ4n) is 2.82. The highest BCUT2D eigenvalue weighted by Crippen LogP contribution is 2.25. The number of carbonyl (C=O) groups is 1. The van der Waals surface area contributed by atoms with Gasteiger partial charge in [-0.15, -0.1) is 0 Å². The van der Waals surface area contributed by atoms with E-state index in [4.69, 9.17) is 9.26 Å². The van der Waals surface area contributed by atoms with E-state index in [2.05, 4.69) is 10.5 Å². The average molecular weight is 332 g/mol. The monoisotopic (exact) mass is 332 g/mol. The zero-order chi connectivity index (χ0) is 17.7. The Labute approximate surface area is 141 Å². The van der Waals surface area contributed by atoms with Gasteiger partial charge in [-0.1, -0.05) is 24.2 Å². The molecule has 0 aliphatic heterocycles. The molecule has 2 aromatic rings. The molecule has 1 aromatic carbocycles. The Morgan fingerprint density at radius 2 is 2.17 bits per heavy atom. The third kappa shape index (κ3) is 4.35. The molecule has 1 aromatic heterocycles. The Hall–Kier alpha value is -2.34. The van der Waals surface area contributed by atoms with Crippen molar-refractivity contribution in [3.8, 4) is 5.75 Å². The molecule has 0 bridgehead atoms. The number of carbonyl (C=O) groups excluding carboxylic acids is 1. The van der Waals surface area contributed by atoms with E-state index in [0.29, 0.717) is 17.7 Å². The van der Waals surface area contributed by atoms with Crippen LogP contribution in [0.25, 0.3) is 0 Å². The molecule has 130 valence electrons. The SMILES string of the molecule is COc1cccc(C(O)CNC(=O)CC(C)c2c(C)noc2C)c1. The fourth-order valence-corrected chi connectivity index (χ4v) is 2.82. The van der Waals surface area contributed by atoms with Gasteiger partial charge in [0.1, 0.15) is 11.5 Å². The number of benzene rings is 1. The summed E-state index contributed by atoms with van der Waals surface area (Å²) in [5, 5.41) is 16.9. The van der Waals surface area contributed by atoms with Crippen LogP contribution in [0.5, 0.6) is 5.75 Å². The van der Waals surface area contributed by atoms with Gasteiger partial charge in [0.2, 0.25) is 5.91 Å². The van der Waals surface area contributed by atoms with E-state index in [0.717, 1.165) is 17.0 Å². The number of rotatable bonds is 7. The summed E-state index contributed by atoms with van der Waals surface area (Å²) in [4.78, 5) is 12.1. The first-order valence-electron chi connectivity index (χ1n) is 7.93. The molecule has 24 heavy (non-hydrogen) atoms. The summed E-state index contributed by atoms with van der Waals surface area (Å²) < 4.78 is 10.3. The predicted octanol–water partition coefficient (Wildman–Crippen LogP) is 2.64. The van der Waals surface area contributed by atoms with E-state index in [1.54, 1.807) is 31.4 Å². The lowest BCUT2D eigenvalue weighted by atomic mass is 9.96. The summed E-state index contributed by atoms with van der Waals surface area (Å²) in [6.07, 6.45) is -0.466. The second-order valence-corrected chi connectivity index (χ2v) is 5.94. The molecule has 1 amide bonds. The number of hydrogen-bond acceptors (Lipinski definition) is 5. The molecular formula is C18H24N2O4. The van der Waals surface area contributed by atoms with Crippen LogP contribution in [0.2, 0.25) is 0 Å². The molecule has 0 spiro atoms. The maximum atomic E-state index is 12.1. The second kappa shape index (κ2) is 7.97. The molecule has 0 fully saturated rings. The molecule has 1 heterocycles. The van der Waals surface area contributed by atoms with Crippen LogP contribution in [0.15, 0.2) is 28.8 Å². The summed E-state index contributed by atoms with van der Waals surface area (Å²) >= 11 is 0. The Bertz CT molecular complexity index is 677. The average Bonchev–Trinajstić information content (AvgIpc) is 2.91. The van der Waals surface area contributed by atoms with Crippen LogP contribution < -0.4 is 10.1 Å². The molecule has 2 atom stereocenters. The topological polar surface area (TPSA) is 84.6 Å². The number of hydrogen-bond donors (Lipinski definition) is 2. The summed E-state index contributed by atoms with van der Waals surface area (Å²) in [7, 11) is 1.57. The van der Waals surface area contributed by atoms with Gasteiger partial charge in [-0.3, -0.25) is 4.79 Å². The highest BCUT2D eigenvalue weighted by atomic mass is 16.5. The van der Waals surface area contributed by atoms with Crippen molar-refractivity contribution in [3.63, 3.8) is 0 Å². The first-order valence-corrected chi connectivity index (χ1v) is 7.93. The lowest BCUT2D eigenvalue weighted by Gasteiger charge is -2.15. The predicted molar refractivity (Wildman–Crippen MR) is 90.0 cm³/mol. The Morgan fingerprint density at radius 3 is 2.79 bits per heavy atom. The van der Waals surface area contributed by atoms with E-state index >= 15 is 0 Å². The lowest BCUT2D eigenvalue weighted by Crippen LogP contribution is -2.29. The minimum Gasteiger partial charge on any atom is -0.497 e. The largest absolute Gasteiger partial charge is 0.497 e. The van der Waals surface area contributed by atoms with Crippen molar-refractivity contribution in [2.75, 3.05) is 13.7 Å². The van der Waals surface area contributed by atoms with Gasteiger partial charge in [0.25, 0.3) is 0 Å². The number of nitrogens with zero attached hydrogens (tertiary/aromatic N) is 1. The number of aliphatic hydroxyl groups excluding tert-OH is 1. The Morgan fingerprint density at radius 1 is 1.42 bits per heavy atom. The number of ether oxygens (including phenoxy) is 1. The molecule has 0 saturated carbocycles. The Kier molecular flexibility index (Phi) is 5.98. The first kappa shape index (κ1) is 18.0. The zero-order valence-electron chi connectivity index (χ0n) is 14.5. The van der Waals surface area contributed by atoms with E-state index in [1.165, 1.54) is 0 Å². The van der Waals surface area contributed by atoms with Gasteiger partial charge in [-0.2, -0.15) is 0 Å². The van der Waals surface area contributed by atoms with Crippen LogP contribution in [0.4, 0.5) is 0 Å². The van der Waals surface area contributed by atoms with Crippen molar-refractivity contribution in [1.29, 1.82) is 0 Å². The highest BCUT2D eigenvalue weighted by molar-refractivity contribution is 5.77. The standard InChI is InChI=1S/C18H24N2O4/c1-11(18-12(2)20-24-13(18)3)8-17(22)19-10-16(21)14-6-5-7-15(9-14)23-4/h5-7,9,11,16,21H,8,10H2,1-4H3,(H,19,22). The van der Waals surface area contributed by atoms with Crippen molar-refractivity contribution < 1.29 is 19.2 Å². The van der Waals surface area contributed by atoms with Gasteiger partial charge < -0.3 is 19.7 Å². The van der Waals surface area contributed by atoms with Gasteiger partial charge in [0.15, 0.2) is 0 Å². The number of methoxy groups -OCH3 is 1. The fraction of sp³-hybridized carbons (Fsp3) is 0.444. The van der Waals surface area contributed by atoms with Gasteiger partial charge in [-0.25, -0.2) is 0 Å². The zero-order valence-corrected chi connectivity index (χ0v) is 14.5. The molecule has 6 heteroatoms. The molecule has 0 aliphatic carbocycles. The Balaban J connectivity index is 1.88. The van der Waals surface area contributed by atoms with Crippen molar-refractivity contribution in [2.45, 2.75) is 39.2 Å². The minimum atomic E-state index is -0.779. The van der Waals surface area contributed by atoms with Crippen molar-refractivity contribution in [3.05, 3.63) is 46.8 Å². The second-order valence-electron chi connectivity index (χ2n) is 5.94. The third-order valence-electron chi connectivity index (χ3n) is 4.04. The maximum Gasteiger partial charge on any atom is 0.220 e. The van der Waals surface area contributed by atoms with E-state index in [1.807, 2.05) is 20.8 Å². The number of aromatic nitrogens is 1. The van der Waals surface area contributed by atoms with Crippen molar-refractivity contribution in [1.82, 2.24) is 10.5 Å². The minimum absolute atomic E-state index is 0.00483. The molecule has 0 aliphatic rings. The molecule has 0 saturated heterocycles. The van der Waals surface area contributed by atoms with Crippen LogP contribution in [-0.4, -0.2) is 29.8 Å². The quantitative estimate of drug-likeness (QED) is 0.814. The van der Waals surface area contributed by atoms with Crippen molar-refractivity contribution in [2.24, 2.45) is 0 Å². The number of aryl methyl sites for hydroxylation is 2. The van der Waals surface area contributed by atoms with Gasteiger partial charge in [0, 0.05) is 18.5 Å². The van der Waals surface area contributed by atoms with Crippen LogP contribution in [0.1, 0.15) is 47.9 Å². The van der Waals surface area contributed by atoms with Gasteiger partial charge >= 0.3 is 0 Å². The van der Waals surface area contributed by atoms with Crippen LogP contribution in [0, 0.1) is 13.8 Å². The molecule has 2 unspecified atom stereocenters. The normalized spacial score (nSPS) is 13.4. The summed E-state index contributed by atoms with van der Waals surface area (Å²) in [5.74, 6) is 1.30. The highest BCUT2D eigenvalue weighted by Gasteiger charge is 2.19. The summed E-state index contributed by atoms with van der Waals surface area (Å²) in [6.45, 7) is 5.83. The number of nitrogens with one attached hydrogen (secondary N) is 1. The van der Waals surface area contributed by atoms with Crippen LogP contribution >= 0.6 is 0 Å². The first-order chi connectivity index (χ1) is 11.4. The lowest BCUT2D eigenvalue weighted by molar-refractivity contribution is -0.121. The number of aliphatic hydroxyl groups is 1. The molecule has 6 nitrogen and oxygen atoms in total. The third-order valence-corrected chi connectivity index (χ3v) is 4.04. The van der Waals surface area contributed by atoms with Gasteiger partial charge in [-0.05, 0) is 37.5 Å². The molecular weight excluding hydrogens is 308 g/mol. The van der Waals surface area contributed by atoms with E-state index in [-0.39, 0.29) is 18.4 Å². The van der Waals surface area contributed by atoms with E-state index in [9.17, 15) is 9.90 Å². The summed E-state index contributed by atoms with van der Waals surface area (Å²) in [5.41, 5.74) is 2.48. The summed E-state index contributed by atoms with van der Waals surface area (Å²) in [6, 6.07) is 7.16. The smallest absolute Gasteiger partial charge is 0.220 e. The molecule has 0 radical (unpaired) electrons. The number of amides is 1. The van der Waals surface area contributed by atoms with E-state index < -0.39 is 6.10 Å².